The molecule has 7 nitrogen and oxygen atoms in total. The van der Waals surface area contributed by atoms with Crippen LogP contribution in [-0.4, -0.2) is 32.5 Å². The Hall–Kier alpha value is -3.03. The normalized spacial score (nSPS) is 10.7. The number of pyridine rings is 1. The van der Waals surface area contributed by atoms with Crippen LogP contribution in [0.1, 0.15) is 23.0 Å². The highest BCUT2D eigenvalue weighted by molar-refractivity contribution is 5.88. The molecule has 0 bridgehead atoms. The molecule has 0 aliphatic heterocycles. The maximum atomic E-state index is 13.8. The van der Waals surface area contributed by atoms with Gasteiger partial charge in [0.1, 0.15) is 12.0 Å². The van der Waals surface area contributed by atoms with Crippen LogP contribution in [0, 0.1) is 5.95 Å². The average Bonchev–Trinajstić information content (AvgIpc) is 3.19. The summed E-state index contributed by atoms with van der Waals surface area (Å²) in [7, 11) is 0. The van der Waals surface area contributed by atoms with E-state index in [1.807, 2.05) is 0 Å². The molecule has 8 heteroatoms. The fraction of sp³-hybridized carbons (Fsp3) is 0.200. The summed E-state index contributed by atoms with van der Waals surface area (Å²) in [6.45, 7) is 2.04. The Bertz CT molecular complexity index is 814. The number of halogens is 1. The minimum absolute atomic E-state index is 0.0985. The van der Waals surface area contributed by atoms with Crippen LogP contribution in [0.4, 0.5) is 4.39 Å². The van der Waals surface area contributed by atoms with Crippen LogP contribution in [0.25, 0.3) is 11.4 Å². The molecule has 0 atom stereocenters. The lowest BCUT2D eigenvalue weighted by Crippen LogP contribution is -2.09. The van der Waals surface area contributed by atoms with Crippen LogP contribution < -0.4 is 0 Å². The van der Waals surface area contributed by atoms with E-state index in [0.717, 1.165) is 0 Å². The first-order chi connectivity index (χ1) is 11.2. The summed E-state index contributed by atoms with van der Waals surface area (Å²) in [6, 6.07) is 6.39. The smallest absolute Gasteiger partial charge is 0.358 e. The zero-order valence-electron chi connectivity index (χ0n) is 12.3. The molecule has 23 heavy (non-hydrogen) atoms. The third-order valence-corrected chi connectivity index (χ3v) is 3.12. The van der Waals surface area contributed by atoms with E-state index in [1.54, 1.807) is 25.1 Å². The number of aromatic nitrogens is 4. The van der Waals surface area contributed by atoms with Crippen molar-refractivity contribution in [3.63, 3.8) is 0 Å². The molecule has 3 rings (SSSR count). The van der Waals surface area contributed by atoms with Crippen molar-refractivity contribution >= 4 is 5.97 Å². The monoisotopic (exact) mass is 316 g/mol. The Morgan fingerprint density at radius 2 is 2.30 bits per heavy atom. The van der Waals surface area contributed by atoms with E-state index in [0.29, 0.717) is 17.0 Å². The van der Waals surface area contributed by atoms with Gasteiger partial charge in [-0.3, -0.25) is 4.68 Å². The maximum absolute atomic E-state index is 13.8. The van der Waals surface area contributed by atoms with Gasteiger partial charge in [-0.2, -0.15) is 9.49 Å². The molecule has 3 aromatic rings. The zero-order valence-corrected chi connectivity index (χ0v) is 12.3. The Labute approximate surface area is 130 Å². The van der Waals surface area contributed by atoms with Crippen molar-refractivity contribution in [2.75, 3.05) is 6.61 Å². The van der Waals surface area contributed by atoms with Crippen molar-refractivity contribution in [2.45, 2.75) is 13.5 Å². The number of hydrogen-bond donors (Lipinski definition) is 0. The summed E-state index contributed by atoms with van der Waals surface area (Å²) >= 11 is 0. The highest BCUT2D eigenvalue weighted by Gasteiger charge is 2.19. The summed E-state index contributed by atoms with van der Waals surface area (Å²) in [5, 5.41) is 8.02. The third-order valence-electron chi connectivity index (χ3n) is 3.12. The molecule has 0 spiro atoms. The van der Waals surface area contributed by atoms with Gasteiger partial charge in [-0.15, -0.1) is 0 Å². The van der Waals surface area contributed by atoms with Crippen molar-refractivity contribution in [3.05, 3.63) is 53.9 Å². The molecular formula is C15H13FN4O3. The third kappa shape index (κ3) is 3.10. The van der Waals surface area contributed by atoms with Gasteiger partial charge in [0.05, 0.1) is 18.8 Å². The summed E-state index contributed by atoms with van der Waals surface area (Å²) in [5.41, 5.74) is 1.47. The minimum Gasteiger partial charge on any atom is -0.461 e. The predicted octanol–water partition coefficient (Wildman–Crippen LogP) is 2.30. The largest absolute Gasteiger partial charge is 0.461 e. The number of carbonyl (C=O) groups excluding carboxylic acids is 1. The van der Waals surface area contributed by atoms with Gasteiger partial charge < -0.3 is 9.26 Å². The molecular weight excluding hydrogens is 303 g/mol. The molecule has 118 valence electrons. The standard InChI is InChI=1S/C15H13FN4O3/c1-2-22-15(21)12-8-13(11-5-7-23-19-11)20(18-12)9-10-4-3-6-17-14(10)16/h3-8H,2,9H2,1H3. The quantitative estimate of drug-likeness (QED) is 0.530. The van der Waals surface area contributed by atoms with Gasteiger partial charge in [0, 0.05) is 23.9 Å². The van der Waals surface area contributed by atoms with Crippen molar-refractivity contribution in [1.29, 1.82) is 0 Å². The van der Waals surface area contributed by atoms with Gasteiger partial charge >= 0.3 is 5.97 Å². The highest BCUT2D eigenvalue weighted by atomic mass is 19.1. The van der Waals surface area contributed by atoms with Gasteiger partial charge in [-0.25, -0.2) is 9.78 Å². The summed E-state index contributed by atoms with van der Waals surface area (Å²) in [4.78, 5) is 15.5. The van der Waals surface area contributed by atoms with Crippen LogP contribution in [0.2, 0.25) is 0 Å². The molecule has 0 aliphatic rings. The Morgan fingerprint density at radius 1 is 1.43 bits per heavy atom. The van der Waals surface area contributed by atoms with Gasteiger partial charge in [0.15, 0.2) is 5.69 Å². The van der Waals surface area contributed by atoms with Gasteiger partial charge in [0.25, 0.3) is 0 Å². The van der Waals surface area contributed by atoms with E-state index in [4.69, 9.17) is 9.26 Å². The molecule has 0 aromatic carbocycles. The van der Waals surface area contributed by atoms with E-state index in [9.17, 15) is 9.18 Å². The van der Waals surface area contributed by atoms with Crippen molar-refractivity contribution in [1.82, 2.24) is 19.9 Å². The molecule has 0 unspecified atom stereocenters. The number of hydrogen-bond acceptors (Lipinski definition) is 6. The number of ether oxygens (including phenoxy) is 1. The van der Waals surface area contributed by atoms with E-state index in [1.165, 1.54) is 23.2 Å². The molecule has 0 amide bonds. The first-order valence-electron chi connectivity index (χ1n) is 6.94. The zero-order chi connectivity index (χ0) is 16.2. The molecule has 0 radical (unpaired) electrons. The van der Waals surface area contributed by atoms with Crippen molar-refractivity contribution in [2.24, 2.45) is 0 Å². The average molecular weight is 316 g/mol. The maximum Gasteiger partial charge on any atom is 0.358 e. The first kappa shape index (κ1) is 14.9. The van der Waals surface area contributed by atoms with Gasteiger partial charge in [0.2, 0.25) is 5.95 Å². The van der Waals surface area contributed by atoms with Crippen LogP contribution in [0.3, 0.4) is 0 Å². The molecule has 3 aromatic heterocycles. The molecule has 0 aliphatic carbocycles. The topological polar surface area (TPSA) is 83.0 Å². The lowest BCUT2D eigenvalue weighted by molar-refractivity contribution is 0.0518. The second-order valence-electron chi connectivity index (χ2n) is 4.63. The lowest BCUT2D eigenvalue weighted by Gasteiger charge is -2.05. The number of carbonyl (C=O) groups is 1. The van der Waals surface area contributed by atoms with Crippen LogP contribution in [-0.2, 0) is 11.3 Å². The molecule has 3 heterocycles. The minimum atomic E-state index is -0.591. The Balaban J connectivity index is 2.00. The second kappa shape index (κ2) is 6.39. The summed E-state index contributed by atoms with van der Waals surface area (Å²) in [6.07, 6.45) is 2.77. The second-order valence-corrected chi connectivity index (χ2v) is 4.63. The predicted molar refractivity (Wildman–Crippen MR) is 77.0 cm³/mol. The van der Waals surface area contributed by atoms with Crippen molar-refractivity contribution < 1.29 is 18.4 Å². The highest BCUT2D eigenvalue weighted by Crippen LogP contribution is 2.21. The van der Waals surface area contributed by atoms with E-state index in [2.05, 4.69) is 15.2 Å². The molecule has 0 saturated carbocycles. The Morgan fingerprint density at radius 3 is 3.00 bits per heavy atom. The lowest BCUT2D eigenvalue weighted by atomic mass is 10.2. The SMILES string of the molecule is CCOC(=O)c1cc(-c2ccon2)n(Cc2cccnc2F)n1. The number of esters is 1. The fourth-order valence-corrected chi connectivity index (χ4v) is 2.09. The van der Waals surface area contributed by atoms with Gasteiger partial charge in [-0.05, 0) is 13.0 Å². The van der Waals surface area contributed by atoms with Crippen LogP contribution >= 0.6 is 0 Å². The van der Waals surface area contributed by atoms with E-state index in [-0.39, 0.29) is 18.8 Å². The molecule has 0 saturated heterocycles. The van der Waals surface area contributed by atoms with E-state index < -0.39 is 11.9 Å². The molecule has 0 fully saturated rings. The van der Waals surface area contributed by atoms with Crippen molar-refractivity contribution in [3.8, 4) is 11.4 Å². The van der Waals surface area contributed by atoms with Crippen LogP contribution in [0.15, 0.2) is 41.2 Å². The van der Waals surface area contributed by atoms with Gasteiger partial charge in [-0.1, -0.05) is 11.2 Å². The fourth-order valence-electron chi connectivity index (χ4n) is 2.09. The summed E-state index contributed by atoms with van der Waals surface area (Å²) in [5.74, 6) is -1.14. The summed E-state index contributed by atoms with van der Waals surface area (Å²) < 4.78 is 25.0. The first-order valence-corrected chi connectivity index (χ1v) is 6.94. The molecule has 0 N–H and O–H groups in total. The van der Waals surface area contributed by atoms with E-state index >= 15 is 0 Å². The van der Waals surface area contributed by atoms with Crippen LogP contribution in [0.5, 0.6) is 0 Å². The number of rotatable bonds is 5. The Kier molecular flexibility index (Phi) is 4.13. The number of nitrogens with zero attached hydrogens (tertiary/aromatic N) is 4.